The van der Waals surface area contributed by atoms with E-state index in [9.17, 15) is 41.1 Å². The molecule has 0 saturated carbocycles. The van der Waals surface area contributed by atoms with Gasteiger partial charge >= 0.3 is 6.09 Å². The summed E-state index contributed by atoms with van der Waals surface area (Å²) in [5.74, 6) is -5.60. The van der Waals surface area contributed by atoms with Gasteiger partial charge in [-0.05, 0) is 60.7 Å². The van der Waals surface area contributed by atoms with Gasteiger partial charge in [-0.2, -0.15) is 4.31 Å². The molecule has 0 bridgehead atoms. The van der Waals surface area contributed by atoms with E-state index in [2.05, 4.69) is 5.32 Å². The van der Waals surface area contributed by atoms with E-state index in [0.717, 1.165) is 4.31 Å². The molecule has 5 rings (SSSR count). The molecular formula is C33H30F3N3O7S2. The van der Waals surface area contributed by atoms with E-state index < -0.39 is 69.2 Å². The normalized spacial score (nSPS) is 16.1. The van der Waals surface area contributed by atoms with Gasteiger partial charge in [0, 0.05) is 35.3 Å². The molecule has 0 radical (unpaired) electrons. The fourth-order valence-corrected chi connectivity index (χ4v) is 7.41. The number of thiophene rings is 1. The van der Waals surface area contributed by atoms with Crippen LogP contribution in [0.5, 0.6) is 0 Å². The predicted octanol–water partition coefficient (Wildman–Crippen LogP) is 4.67. The van der Waals surface area contributed by atoms with Crippen LogP contribution in [0.1, 0.15) is 27.7 Å². The molecule has 48 heavy (non-hydrogen) atoms. The molecule has 10 nitrogen and oxygen atoms in total. The number of Topliss-reactive ketones (excluding diaryl/α,β-unsaturated/α-hetero) is 1. The molecule has 1 aromatic heterocycles. The second kappa shape index (κ2) is 14.7. The summed E-state index contributed by atoms with van der Waals surface area (Å²) in [5, 5.41) is 15.8. The number of sulfonamides is 1. The number of amides is 2. The second-order valence-electron chi connectivity index (χ2n) is 11.0. The Morgan fingerprint density at radius 1 is 1.02 bits per heavy atom. The first kappa shape index (κ1) is 34.8. The molecular weight excluding hydrogens is 672 g/mol. The molecule has 15 heteroatoms. The van der Waals surface area contributed by atoms with Crippen LogP contribution in [0, 0.1) is 17.5 Å². The van der Waals surface area contributed by atoms with Crippen LogP contribution in [0.3, 0.4) is 0 Å². The fraction of sp³-hybridized carbons (Fsp3) is 0.242. The Morgan fingerprint density at radius 3 is 2.35 bits per heavy atom. The third kappa shape index (κ3) is 7.93. The third-order valence-electron chi connectivity index (χ3n) is 7.68. The van der Waals surface area contributed by atoms with Gasteiger partial charge in [0.05, 0.1) is 18.7 Å². The molecule has 1 aliphatic heterocycles. The lowest BCUT2D eigenvalue weighted by molar-refractivity contribution is -0.129. The molecule has 0 spiro atoms. The number of ether oxygens (including phenoxy) is 1. The first-order chi connectivity index (χ1) is 22.8. The molecule has 0 aliphatic carbocycles. The molecule has 1 fully saturated rings. The fourth-order valence-electron chi connectivity index (χ4n) is 5.11. The van der Waals surface area contributed by atoms with Gasteiger partial charge in [0.1, 0.15) is 10.7 Å². The standard InChI is InChI=1S/C33H30F3N3O7S2/c1-20(40)22-9-11-23(12-10-22)39-19-30(46-33(39)43)32(42)37-28(14-21-6-3-2-4-7-21)29(41)18-38(17-24-8-5-13-47-24)48(44,45)31-16-26(35)25(34)15-27(31)36/h2-13,15-16,28-30,41H,14,17-19H2,1H3,(H,37,42)/t28-,29+,30-/m0/s1. The number of aliphatic hydroxyl groups excluding tert-OH is 1. The number of nitrogens with zero attached hydrogens (tertiary/aromatic N) is 2. The maximum atomic E-state index is 14.7. The zero-order valence-corrected chi connectivity index (χ0v) is 27.0. The number of hydrogen-bond acceptors (Lipinski definition) is 8. The highest BCUT2D eigenvalue weighted by atomic mass is 32.2. The molecule has 3 atom stereocenters. The molecule has 0 unspecified atom stereocenters. The van der Waals surface area contributed by atoms with Gasteiger partial charge in [0.25, 0.3) is 5.91 Å². The number of anilines is 1. The maximum absolute atomic E-state index is 14.7. The first-order valence-electron chi connectivity index (χ1n) is 14.6. The highest BCUT2D eigenvalue weighted by Gasteiger charge is 2.39. The Balaban J connectivity index is 1.39. The molecule has 2 amide bonds. The minimum absolute atomic E-state index is 0.0110. The third-order valence-corrected chi connectivity index (χ3v) is 10.4. The van der Waals surface area contributed by atoms with Gasteiger partial charge in [-0.15, -0.1) is 11.3 Å². The second-order valence-corrected chi connectivity index (χ2v) is 14.0. The summed E-state index contributed by atoms with van der Waals surface area (Å²) in [6.45, 7) is 0.179. The molecule has 4 aromatic rings. The number of ketones is 1. The molecule has 252 valence electrons. The summed E-state index contributed by atoms with van der Waals surface area (Å²) in [6.07, 6.45) is -3.73. The molecule has 1 aliphatic rings. The monoisotopic (exact) mass is 701 g/mol. The Bertz CT molecular complexity index is 1890. The lowest BCUT2D eigenvalue weighted by Gasteiger charge is -2.30. The Morgan fingerprint density at radius 2 is 1.71 bits per heavy atom. The van der Waals surface area contributed by atoms with Gasteiger partial charge in [-0.3, -0.25) is 14.5 Å². The van der Waals surface area contributed by atoms with Gasteiger partial charge in [0.2, 0.25) is 10.0 Å². The first-order valence-corrected chi connectivity index (χ1v) is 16.9. The highest BCUT2D eigenvalue weighted by Crippen LogP contribution is 2.27. The zero-order valence-electron chi connectivity index (χ0n) is 25.4. The number of carbonyl (C=O) groups excluding carboxylic acids is 3. The Labute approximate surface area is 278 Å². The van der Waals surface area contributed by atoms with Crippen molar-refractivity contribution in [2.24, 2.45) is 0 Å². The van der Waals surface area contributed by atoms with Crippen molar-refractivity contribution >= 4 is 44.8 Å². The summed E-state index contributed by atoms with van der Waals surface area (Å²) in [5.41, 5.74) is 1.48. The van der Waals surface area contributed by atoms with E-state index in [1.54, 1.807) is 60.0 Å². The number of benzene rings is 3. The number of nitrogens with one attached hydrogen (secondary N) is 1. The molecule has 2 N–H and O–H groups in total. The number of halogens is 3. The summed E-state index contributed by atoms with van der Waals surface area (Å²) < 4.78 is 75.9. The van der Waals surface area contributed by atoms with Gasteiger partial charge in [-0.25, -0.2) is 26.4 Å². The molecule has 3 aromatic carbocycles. The highest BCUT2D eigenvalue weighted by molar-refractivity contribution is 7.89. The van der Waals surface area contributed by atoms with Crippen LogP contribution in [0.15, 0.2) is 89.1 Å². The van der Waals surface area contributed by atoms with E-state index in [1.165, 1.54) is 35.3 Å². The van der Waals surface area contributed by atoms with Crippen LogP contribution in [0.25, 0.3) is 0 Å². The van der Waals surface area contributed by atoms with Crippen LogP contribution in [0.4, 0.5) is 23.7 Å². The minimum atomic E-state index is -4.86. The van der Waals surface area contributed by atoms with E-state index in [4.69, 9.17) is 4.74 Å². The van der Waals surface area contributed by atoms with Crippen molar-refractivity contribution in [1.82, 2.24) is 9.62 Å². The van der Waals surface area contributed by atoms with Crippen molar-refractivity contribution in [2.45, 2.75) is 43.0 Å². The predicted molar refractivity (Wildman–Crippen MR) is 170 cm³/mol. The van der Waals surface area contributed by atoms with Crippen LogP contribution in [0.2, 0.25) is 0 Å². The Hall–Kier alpha value is -4.57. The van der Waals surface area contributed by atoms with Crippen molar-refractivity contribution in [2.75, 3.05) is 18.0 Å². The zero-order chi connectivity index (χ0) is 34.6. The SMILES string of the molecule is CC(=O)c1ccc(N2C[C@@H](C(=O)N[C@@H](Cc3ccccc3)[C@H](O)CN(Cc3cccs3)S(=O)(=O)c3cc(F)c(F)cc3F)OC2=O)cc1. The topological polar surface area (TPSA) is 133 Å². The number of hydrogen-bond donors (Lipinski definition) is 2. The molecule has 1 saturated heterocycles. The summed E-state index contributed by atoms with van der Waals surface area (Å²) in [7, 11) is -4.86. The summed E-state index contributed by atoms with van der Waals surface area (Å²) in [4.78, 5) is 38.4. The largest absolute Gasteiger partial charge is 0.434 e. The number of aliphatic hydroxyl groups is 1. The van der Waals surface area contributed by atoms with Crippen LogP contribution >= 0.6 is 11.3 Å². The van der Waals surface area contributed by atoms with Gasteiger partial charge < -0.3 is 15.2 Å². The number of rotatable bonds is 13. The summed E-state index contributed by atoms with van der Waals surface area (Å²) in [6, 6.07) is 17.3. The molecule has 2 heterocycles. The quantitative estimate of drug-likeness (QED) is 0.153. The lowest BCUT2D eigenvalue weighted by atomic mass is 10.0. The minimum Gasteiger partial charge on any atom is -0.434 e. The van der Waals surface area contributed by atoms with Gasteiger partial charge in [0.15, 0.2) is 23.5 Å². The van der Waals surface area contributed by atoms with E-state index in [-0.39, 0.29) is 37.4 Å². The van der Waals surface area contributed by atoms with Crippen molar-refractivity contribution < 1.29 is 45.8 Å². The van der Waals surface area contributed by atoms with Crippen molar-refractivity contribution in [3.05, 3.63) is 118 Å². The van der Waals surface area contributed by atoms with Crippen LogP contribution in [-0.4, -0.2) is 67.0 Å². The van der Waals surface area contributed by atoms with Crippen LogP contribution < -0.4 is 10.2 Å². The smallest absolute Gasteiger partial charge is 0.415 e. The maximum Gasteiger partial charge on any atom is 0.415 e. The average Bonchev–Trinajstić information content (AvgIpc) is 3.72. The van der Waals surface area contributed by atoms with E-state index >= 15 is 0 Å². The van der Waals surface area contributed by atoms with E-state index in [1.807, 2.05) is 0 Å². The average molecular weight is 702 g/mol. The van der Waals surface area contributed by atoms with Gasteiger partial charge in [-0.1, -0.05) is 36.4 Å². The van der Waals surface area contributed by atoms with Crippen molar-refractivity contribution in [3.63, 3.8) is 0 Å². The lowest BCUT2D eigenvalue weighted by Crippen LogP contribution is -2.53. The Kier molecular flexibility index (Phi) is 10.6. The van der Waals surface area contributed by atoms with Crippen molar-refractivity contribution in [3.8, 4) is 0 Å². The van der Waals surface area contributed by atoms with Crippen molar-refractivity contribution in [1.29, 1.82) is 0 Å². The van der Waals surface area contributed by atoms with Crippen LogP contribution in [-0.2, 0) is 32.5 Å². The summed E-state index contributed by atoms with van der Waals surface area (Å²) >= 11 is 1.18. The van der Waals surface area contributed by atoms with E-state index in [0.29, 0.717) is 21.7 Å². The number of cyclic esters (lactones) is 1. The number of carbonyl (C=O) groups is 3.